The van der Waals surface area contributed by atoms with E-state index in [1.165, 1.54) is 0 Å². The molecule has 4 aromatic carbocycles. The number of H-pyrrole nitrogens is 2. The number of aromatic nitrogens is 4. The minimum atomic E-state index is 0.674. The summed E-state index contributed by atoms with van der Waals surface area (Å²) < 4.78 is 12.3. The van der Waals surface area contributed by atoms with Crippen molar-refractivity contribution in [3.8, 4) is 34.3 Å². The highest BCUT2D eigenvalue weighted by Gasteiger charge is 2.12. The Balaban J connectivity index is 0.970. The van der Waals surface area contributed by atoms with Crippen LogP contribution >= 0.6 is 0 Å². The molecule has 190 valence electrons. The zero-order valence-electron chi connectivity index (χ0n) is 21.2. The maximum Gasteiger partial charge on any atom is 0.142 e. The maximum atomic E-state index is 6.15. The molecule has 0 unspecified atom stereocenters. The third-order valence-corrected chi connectivity index (χ3v) is 6.62. The van der Waals surface area contributed by atoms with E-state index in [0.717, 1.165) is 82.0 Å². The summed E-state index contributed by atoms with van der Waals surface area (Å²) in [5.41, 5.74) is 5.94. The quantitative estimate of drug-likeness (QED) is 0.177. The van der Waals surface area contributed by atoms with Gasteiger partial charge in [-0.05, 0) is 74.2 Å². The first kappa shape index (κ1) is 23.8. The number of fused-ring (bicyclic) bond motifs is 2. The van der Waals surface area contributed by atoms with E-state index in [9.17, 15) is 0 Å². The number of aromatic amines is 2. The van der Waals surface area contributed by atoms with E-state index in [-0.39, 0.29) is 0 Å². The number of hydrogen-bond acceptors (Lipinski definition) is 4. The van der Waals surface area contributed by atoms with Gasteiger partial charge in [-0.25, -0.2) is 9.97 Å². The topological polar surface area (TPSA) is 75.8 Å². The van der Waals surface area contributed by atoms with Crippen molar-refractivity contribution in [3.63, 3.8) is 0 Å². The lowest BCUT2D eigenvalue weighted by atomic mass is 10.2. The molecule has 38 heavy (non-hydrogen) atoms. The Morgan fingerprint density at radius 1 is 0.474 bits per heavy atom. The van der Waals surface area contributed by atoms with E-state index in [2.05, 4.69) is 9.97 Å². The molecule has 0 saturated heterocycles. The van der Waals surface area contributed by atoms with E-state index < -0.39 is 0 Å². The van der Waals surface area contributed by atoms with Gasteiger partial charge in [0.1, 0.15) is 23.1 Å². The largest absolute Gasteiger partial charge is 0.493 e. The second kappa shape index (κ2) is 11.2. The van der Waals surface area contributed by atoms with Crippen molar-refractivity contribution in [2.45, 2.75) is 25.7 Å². The first-order valence-electron chi connectivity index (χ1n) is 13.2. The Labute approximate surface area is 221 Å². The zero-order valence-corrected chi connectivity index (χ0v) is 21.2. The molecule has 6 rings (SSSR count). The molecule has 0 fully saturated rings. The van der Waals surface area contributed by atoms with Gasteiger partial charge in [0.15, 0.2) is 0 Å². The van der Waals surface area contributed by atoms with Gasteiger partial charge in [0, 0.05) is 0 Å². The van der Waals surface area contributed by atoms with Crippen LogP contribution in [0.2, 0.25) is 0 Å². The summed E-state index contributed by atoms with van der Waals surface area (Å²) in [5, 5.41) is 0. The maximum absolute atomic E-state index is 6.15. The number of rotatable bonds is 11. The molecule has 0 aliphatic rings. The molecule has 0 spiro atoms. The lowest BCUT2D eigenvalue weighted by Crippen LogP contribution is -2.01. The number of para-hydroxylation sites is 6. The van der Waals surface area contributed by atoms with Crippen LogP contribution in [0.1, 0.15) is 25.7 Å². The van der Waals surface area contributed by atoms with E-state index >= 15 is 0 Å². The summed E-state index contributed by atoms with van der Waals surface area (Å²) >= 11 is 0. The van der Waals surface area contributed by atoms with Gasteiger partial charge in [-0.1, -0.05) is 48.5 Å². The molecule has 2 heterocycles. The molecule has 0 amide bonds. The Kier molecular flexibility index (Phi) is 7.02. The molecular formula is C32H30N4O2. The number of benzene rings is 4. The van der Waals surface area contributed by atoms with Crippen LogP contribution in [0.3, 0.4) is 0 Å². The van der Waals surface area contributed by atoms with Gasteiger partial charge in [-0.3, -0.25) is 0 Å². The first-order chi connectivity index (χ1) is 18.8. The van der Waals surface area contributed by atoms with Crippen molar-refractivity contribution < 1.29 is 9.47 Å². The molecule has 2 aromatic heterocycles. The normalized spacial score (nSPS) is 11.3. The van der Waals surface area contributed by atoms with Crippen LogP contribution in [0.15, 0.2) is 97.1 Å². The van der Waals surface area contributed by atoms with Crippen LogP contribution in [-0.2, 0) is 0 Å². The predicted octanol–water partition coefficient (Wildman–Crippen LogP) is 7.79. The van der Waals surface area contributed by atoms with Gasteiger partial charge >= 0.3 is 0 Å². The van der Waals surface area contributed by atoms with Crippen LogP contribution in [-0.4, -0.2) is 33.1 Å². The minimum absolute atomic E-state index is 0.674. The smallest absolute Gasteiger partial charge is 0.142 e. The Hall–Kier alpha value is -4.58. The highest BCUT2D eigenvalue weighted by molar-refractivity contribution is 5.81. The number of imidazole rings is 2. The van der Waals surface area contributed by atoms with Crippen molar-refractivity contribution in [1.29, 1.82) is 0 Å². The van der Waals surface area contributed by atoms with Crippen molar-refractivity contribution in [1.82, 2.24) is 19.9 Å². The Morgan fingerprint density at radius 3 is 1.37 bits per heavy atom. The summed E-state index contributed by atoms with van der Waals surface area (Å²) in [6, 6.07) is 32.3. The van der Waals surface area contributed by atoms with Gasteiger partial charge in [0.2, 0.25) is 0 Å². The van der Waals surface area contributed by atoms with Crippen molar-refractivity contribution in [3.05, 3.63) is 97.1 Å². The average molecular weight is 503 g/mol. The second-order valence-corrected chi connectivity index (χ2v) is 9.31. The Morgan fingerprint density at radius 2 is 0.895 bits per heavy atom. The number of nitrogens with one attached hydrogen (secondary N) is 2. The molecule has 0 saturated carbocycles. The molecule has 0 bridgehead atoms. The Bertz CT molecular complexity index is 1460. The summed E-state index contributed by atoms with van der Waals surface area (Å²) in [7, 11) is 0. The van der Waals surface area contributed by atoms with E-state index in [1.807, 2.05) is 97.1 Å². The van der Waals surface area contributed by atoms with Gasteiger partial charge in [0.25, 0.3) is 0 Å². The van der Waals surface area contributed by atoms with Crippen LogP contribution in [0.25, 0.3) is 44.8 Å². The number of ether oxygens (including phenoxy) is 2. The number of nitrogens with zero attached hydrogens (tertiary/aromatic N) is 2. The summed E-state index contributed by atoms with van der Waals surface area (Å²) in [4.78, 5) is 16.3. The van der Waals surface area contributed by atoms with Crippen LogP contribution in [0.5, 0.6) is 11.5 Å². The third kappa shape index (κ3) is 5.25. The van der Waals surface area contributed by atoms with Gasteiger partial charge < -0.3 is 19.4 Å². The molecular weight excluding hydrogens is 472 g/mol. The van der Waals surface area contributed by atoms with Crippen molar-refractivity contribution >= 4 is 22.1 Å². The summed E-state index contributed by atoms with van der Waals surface area (Å²) in [5.74, 6) is 3.39. The van der Waals surface area contributed by atoms with Crippen molar-refractivity contribution in [2.24, 2.45) is 0 Å². The highest BCUT2D eigenvalue weighted by atomic mass is 16.5. The SMILES string of the molecule is c1ccc(-c2nc3ccccc3[nH]2)c(OCCCCCCOc2ccccc2-c2nc3ccccc3[nH]2)c1. The zero-order chi connectivity index (χ0) is 25.6. The fourth-order valence-electron chi connectivity index (χ4n) is 4.66. The van der Waals surface area contributed by atoms with Gasteiger partial charge in [-0.15, -0.1) is 0 Å². The summed E-state index contributed by atoms with van der Waals surface area (Å²) in [6.45, 7) is 1.35. The number of hydrogen-bond donors (Lipinski definition) is 2. The van der Waals surface area contributed by atoms with E-state index in [4.69, 9.17) is 19.4 Å². The average Bonchev–Trinajstić information content (AvgIpc) is 3.59. The van der Waals surface area contributed by atoms with Crippen LogP contribution < -0.4 is 9.47 Å². The molecule has 0 aliphatic carbocycles. The van der Waals surface area contributed by atoms with Gasteiger partial charge in [0.05, 0.1) is 46.4 Å². The fourth-order valence-corrected chi connectivity index (χ4v) is 4.66. The molecule has 0 aliphatic heterocycles. The number of unbranched alkanes of at least 4 members (excludes halogenated alkanes) is 3. The third-order valence-electron chi connectivity index (χ3n) is 6.62. The van der Waals surface area contributed by atoms with Crippen LogP contribution in [0, 0.1) is 0 Å². The molecule has 6 aromatic rings. The lowest BCUT2D eigenvalue weighted by Gasteiger charge is -2.11. The van der Waals surface area contributed by atoms with Crippen LogP contribution in [0.4, 0.5) is 0 Å². The molecule has 6 heteroatoms. The fraction of sp³-hybridized carbons (Fsp3) is 0.188. The second-order valence-electron chi connectivity index (χ2n) is 9.31. The highest BCUT2D eigenvalue weighted by Crippen LogP contribution is 2.31. The monoisotopic (exact) mass is 502 g/mol. The minimum Gasteiger partial charge on any atom is -0.493 e. The molecule has 0 atom stereocenters. The molecule has 6 nitrogen and oxygen atoms in total. The van der Waals surface area contributed by atoms with Gasteiger partial charge in [-0.2, -0.15) is 0 Å². The molecule has 0 radical (unpaired) electrons. The lowest BCUT2D eigenvalue weighted by molar-refractivity contribution is 0.288. The van der Waals surface area contributed by atoms with E-state index in [1.54, 1.807) is 0 Å². The van der Waals surface area contributed by atoms with Crippen molar-refractivity contribution in [2.75, 3.05) is 13.2 Å². The molecule has 2 N–H and O–H groups in total. The standard InChI is InChI=1S/C32H30N4O2/c1(11-21-37-29-19-9-3-13-23(29)31-33-25-15-5-6-16-26(25)34-31)2-12-22-38-30-20-10-4-14-24(30)32-35-27-17-7-8-18-28(27)36-32/h3-10,13-20H,1-2,11-12,21-22H2,(H,33,34)(H,35,36). The van der Waals surface area contributed by atoms with E-state index in [0.29, 0.717) is 13.2 Å². The predicted molar refractivity (Wildman–Crippen MR) is 153 cm³/mol. The first-order valence-corrected chi connectivity index (χ1v) is 13.2. The summed E-state index contributed by atoms with van der Waals surface area (Å²) in [6.07, 6.45) is 4.15.